The molecule has 0 bridgehead atoms. The fourth-order valence-corrected chi connectivity index (χ4v) is 4.08. The van der Waals surface area contributed by atoms with Gasteiger partial charge in [-0.05, 0) is 57.7 Å². The van der Waals surface area contributed by atoms with E-state index in [1.165, 1.54) is 0 Å². The molecule has 0 aromatic heterocycles. The standard InChI is InChI=1S/C19H24ClN3O3/c1-12-5-4-6-13(2)23(12)16(24)11-22-17(25)19(3,21-18(22)26)14-7-9-15(20)10-8-14/h7-10,12-13H,4-6,11H2,1-3H3,(H,21,26)/t12-,13-,19+/m0/s1. The van der Waals surface area contributed by atoms with Crippen LogP contribution < -0.4 is 5.32 Å². The predicted octanol–water partition coefficient (Wildman–Crippen LogP) is 2.90. The fourth-order valence-electron chi connectivity index (χ4n) is 3.95. The van der Waals surface area contributed by atoms with Crippen molar-refractivity contribution in [3.05, 3.63) is 34.9 Å². The molecule has 1 N–H and O–H groups in total. The number of piperidine rings is 1. The smallest absolute Gasteiger partial charge is 0.325 e. The van der Waals surface area contributed by atoms with Crippen molar-refractivity contribution < 1.29 is 14.4 Å². The molecule has 26 heavy (non-hydrogen) atoms. The van der Waals surface area contributed by atoms with Gasteiger partial charge in [-0.25, -0.2) is 4.79 Å². The molecule has 4 amide bonds. The van der Waals surface area contributed by atoms with E-state index in [1.807, 2.05) is 18.7 Å². The Morgan fingerprint density at radius 1 is 1.19 bits per heavy atom. The first kappa shape index (κ1) is 18.7. The van der Waals surface area contributed by atoms with E-state index in [0.29, 0.717) is 10.6 Å². The maximum atomic E-state index is 12.9. The number of benzene rings is 1. The maximum Gasteiger partial charge on any atom is 0.325 e. The molecule has 3 atom stereocenters. The Bertz CT molecular complexity index is 726. The van der Waals surface area contributed by atoms with Gasteiger partial charge in [0.25, 0.3) is 5.91 Å². The van der Waals surface area contributed by atoms with Gasteiger partial charge in [0.1, 0.15) is 12.1 Å². The highest BCUT2D eigenvalue weighted by atomic mass is 35.5. The summed E-state index contributed by atoms with van der Waals surface area (Å²) < 4.78 is 0. The first-order valence-corrected chi connectivity index (χ1v) is 9.33. The lowest BCUT2D eigenvalue weighted by Crippen LogP contribution is -2.52. The highest BCUT2D eigenvalue weighted by Gasteiger charge is 2.50. The van der Waals surface area contributed by atoms with Crippen molar-refractivity contribution in [1.82, 2.24) is 15.1 Å². The topological polar surface area (TPSA) is 69.7 Å². The van der Waals surface area contributed by atoms with Crippen molar-refractivity contribution in [1.29, 1.82) is 0 Å². The molecule has 2 fully saturated rings. The number of halogens is 1. The van der Waals surface area contributed by atoms with Gasteiger partial charge in [0.05, 0.1) is 0 Å². The maximum absolute atomic E-state index is 12.9. The molecule has 2 aliphatic rings. The zero-order chi connectivity index (χ0) is 19.1. The lowest BCUT2D eigenvalue weighted by Gasteiger charge is -2.39. The van der Waals surface area contributed by atoms with Crippen LogP contribution in [-0.4, -0.2) is 46.3 Å². The van der Waals surface area contributed by atoms with Gasteiger partial charge in [0.2, 0.25) is 5.91 Å². The SMILES string of the molecule is C[C@H]1CCC[C@H](C)N1C(=O)CN1C(=O)N[C@](C)(c2ccc(Cl)cc2)C1=O. The van der Waals surface area contributed by atoms with Crippen molar-refractivity contribution in [2.45, 2.75) is 57.7 Å². The summed E-state index contributed by atoms with van der Waals surface area (Å²) in [5.74, 6) is -0.607. The van der Waals surface area contributed by atoms with Gasteiger partial charge in [-0.2, -0.15) is 0 Å². The summed E-state index contributed by atoms with van der Waals surface area (Å²) in [6, 6.07) is 6.46. The third-order valence-corrected chi connectivity index (χ3v) is 5.72. The molecule has 2 heterocycles. The van der Waals surface area contributed by atoms with Crippen LogP contribution in [0, 0.1) is 0 Å². The summed E-state index contributed by atoms with van der Waals surface area (Å²) in [5.41, 5.74) is -0.559. The number of hydrogen-bond donors (Lipinski definition) is 1. The second-order valence-electron chi connectivity index (χ2n) is 7.38. The normalized spacial score (nSPS) is 29.1. The summed E-state index contributed by atoms with van der Waals surface area (Å²) in [7, 11) is 0. The van der Waals surface area contributed by atoms with Crippen molar-refractivity contribution in [2.24, 2.45) is 0 Å². The van der Waals surface area contributed by atoms with E-state index < -0.39 is 17.5 Å². The van der Waals surface area contributed by atoms with Crippen LogP contribution in [0.25, 0.3) is 0 Å². The molecule has 2 aliphatic heterocycles. The van der Waals surface area contributed by atoms with Crippen LogP contribution in [0.1, 0.15) is 45.6 Å². The van der Waals surface area contributed by atoms with E-state index in [4.69, 9.17) is 11.6 Å². The van der Waals surface area contributed by atoms with Crippen LogP contribution in [0.4, 0.5) is 4.79 Å². The van der Waals surface area contributed by atoms with E-state index in [1.54, 1.807) is 31.2 Å². The number of nitrogens with one attached hydrogen (secondary N) is 1. The van der Waals surface area contributed by atoms with Crippen molar-refractivity contribution >= 4 is 29.4 Å². The molecule has 1 aromatic carbocycles. The van der Waals surface area contributed by atoms with Crippen molar-refractivity contribution in [3.63, 3.8) is 0 Å². The zero-order valence-corrected chi connectivity index (χ0v) is 16.0. The Labute approximate surface area is 158 Å². The van der Waals surface area contributed by atoms with Crippen LogP contribution in [0.3, 0.4) is 0 Å². The molecule has 0 saturated carbocycles. The minimum absolute atomic E-state index is 0.120. The second kappa shape index (κ2) is 6.91. The summed E-state index contributed by atoms with van der Waals surface area (Å²) in [5, 5.41) is 3.27. The number of amides is 4. The number of rotatable bonds is 3. The number of carbonyl (C=O) groups is 3. The highest BCUT2D eigenvalue weighted by molar-refractivity contribution is 6.30. The Hall–Kier alpha value is -2.08. The average molecular weight is 378 g/mol. The number of carbonyl (C=O) groups excluding carboxylic acids is 3. The molecule has 140 valence electrons. The van der Waals surface area contributed by atoms with E-state index in [0.717, 1.165) is 24.2 Å². The Balaban J connectivity index is 1.79. The van der Waals surface area contributed by atoms with Crippen molar-refractivity contribution in [3.8, 4) is 0 Å². The van der Waals surface area contributed by atoms with Crippen LogP contribution in [0.5, 0.6) is 0 Å². The predicted molar refractivity (Wildman–Crippen MR) is 98.7 cm³/mol. The molecule has 2 saturated heterocycles. The van der Waals surface area contributed by atoms with Gasteiger partial charge >= 0.3 is 6.03 Å². The third-order valence-electron chi connectivity index (χ3n) is 5.47. The summed E-state index contributed by atoms with van der Waals surface area (Å²) >= 11 is 5.91. The molecular formula is C19H24ClN3O3. The minimum atomic E-state index is -1.19. The molecule has 7 heteroatoms. The van der Waals surface area contributed by atoms with Gasteiger partial charge in [-0.15, -0.1) is 0 Å². The molecule has 3 rings (SSSR count). The molecule has 1 aromatic rings. The number of nitrogens with zero attached hydrogens (tertiary/aromatic N) is 2. The van der Waals surface area contributed by atoms with Gasteiger partial charge < -0.3 is 10.2 Å². The lowest BCUT2D eigenvalue weighted by atomic mass is 9.92. The quantitative estimate of drug-likeness (QED) is 0.823. The fraction of sp³-hybridized carbons (Fsp3) is 0.526. The van der Waals surface area contributed by atoms with Gasteiger partial charge in [-0.3, -0.25) is 14.5 Å². The second-order valence-corrected chi connectivity index (χ2v) is 7.82. The molecular weight excluding hydrogens is 354 g/mol. The summed E-state index contributed by atoms with van der Waals surface area (Å²) in [4.78, 5) is 41.0. The average Bonchev–Trinajstić information content (AvgIpc) is 2.79. The van der Waals surface area contributed by atoms with Gasteiger partial charge in [-0.1, -0.05) is 23.7 Å². The van der Waals surface area contributed by atoms with E-state index >= 15 is 0 Å². The molecule has 0 unspecified atom stereocenters. The number of imide groups is 1. The van der Waals surface area contributed by atoms with Crippen molar-refractivity contribution in [2.75, 3.05) is 6.54 Å². The summed E-state index contributed by atoms with van der Waals surface area (Å²) in [6.07, 6.45) is 2.97. The van der Waals surface area contributed by atoms with Gasteiger partial charge in [0.15, 0.2) is 0 Å². The number of hydrogen-bond acceptors (Lipinski definition) is 3. The lowest BCUT2D eigenvalue weighted by molar-refractivity contribution is -0.142. The molecule has 6 nitrogen and oxygen atoms in total. The van der Waals surface area contributed by atoms with Gasteiger partial charge in [0, 0.05) is 17.1 Å². The van der Waals surface area contributed by atoms with Crippen LogP contribution >= 0.6 is 11.6 Å². The van der Waals surface area contributed by atoms with E-state index in [2.05, 4.69) is 5.32 Å². The summed E-state index contributed by atoms with van der Waals surface area (Å²) in [6.45, 7) is 5.43. The largest absolute Gasteiger partial charge is 0.336 e. The Morgan fingerprint density at radius 2 is 1.77 bits per heavy atom. The zero-order valence-electron chi connectivity index (χ0n) is 15.3. The molecule has 0 spiro atoms. The monoisotopic (exact) mass is 377 g/mol. The van der Waals surface area contributed by atoms with Crippen LogP contribution in [0.15, 0.2) is 24.3 Å². The van der Waals surface area contributed by atoms with E-state index in [9.17, 15) is 14.4 Å². The molecule has 0 radical (unpaired) electrons. The Kier molecular flexibility index (Phi) is 4.97. The number of likely N-dealkylation sites (tertiary alicyclic amines) is 1. The number of urea groups is 1. The van der Waals surface area contributed by atoms with Crippen LogP contribution in [0.2, 0.25) is 5.02 Å². The van der Waals surface area contributed by atoms with Crippen LogP contribution in [-0.2, 0) is 15.1 Å². The third kappa shape index (κ3) is 3.18. The first-order valence-electron chi connectivity index (χ1n) is 8.95. The van der Waals surface area contributed by atoms with E-state index in [-0.39, 0.29) is 24.5 Å². The Morgan fingerprint density at radius 3 is 2.35 bits per heavy atom. The first-order chi connectivity index (χ1) is 12.2. The highest BCUT2D eigenvalue weighted by Crippen LogP contribution is 2.30. The minimum Gasteiger partial charge on any atom is -0.336 e. The molecule has 0 aliphatic carbocycles.